The fourth-order valence-corrected chi connectivity index (χ4v) is 2.55. The number of carbonyl (C=O) groups excluding carboxylic acids is 3. The van der Waals surface area contributed by atoms with Crippen molar-refractivity contribution >= 4 is 23.8 Å². The third kappa shape index (κ3) is 4.62. The van der Waals surface area contributed by atoms with E-state index in [1.807, 2.05) is 0 Å². The van der Waals surface area contributed by atoms with Crippen molar-refractivity contribution in [2.24, 2.45) is 0 Å². The van der Waals surface area contributed by atoms with Gasteiger partial charge in [0.15, 0.2) is 0 Å². The van der Waals surface area contributed by atoms with Crippen molar-refractivity contribution in [2.45, 2.75) is 13.8 Å². The van der Waals surface area contributed by atoms with Crippen LogP contribution in [0.4, 0.5) is 15.3 Å². The summed E-state index contributed by atoms with van der Waals surface area (Å²) in [5.74, 6) is -0.420. The van der Waals surface area contributed by atoms with Crippen LogP contribution >= 0.6 is 0 Å². The summed E-state index contributed by atoms with van der Waals surface area (Å²) in [6.07, 6.45) is -0.350. The Kier molecular flexibility index (Phi) is 6.21. The summed E-state index contributed by atoms with van der Waals surface area (Å²) >= 11 is 0. The first kappa shape index (κ1) is 18.6. The van der Waals surface area contributed by atoms with Gasteiger partial charge in [-0.15, -0.1) is 0 Å². The molecular formula is C17H23N3O5. The molecule has 0 unspecified atom stereocenters. The minimum atomic E-state index is -0.420. The number of amides is 3. The monoisotopic (exact) mass is 349 g/mol. The lowest BCUT2D eigenvalue weighted by Gasteiger charge is -2.34. The van der Waals surface area contributed by atoms with E-state index in [0.717, 1.165) is 5.56 Å². The molecule has 3 amide bonds. The van der Waals surface area contributed by atoms with Crippen LogP contribution in [-0.4, -0.2) is 67.8 Å². The summed E-state index contributed by atoms with van der Waals surface area (Å²) in [5, 5.41) is 2.83. The molecule has 0 bridgehead atoms. The van der Waals surface area contributed by atoms with Gasteiger partial charge in [0.05, 0.1) is 19.3 Å². The van der Waals surface area contributed by atoms with Crippen LogP contribution in [0.3, 0.4) is 0 Å². The highest BCUT2D eigenvalue weighted by Crippen LogP contribution is 2.18. The molecule has 2 rings (SSSR count). The number of methoxy groups -OCH3 is 1. The molecule has 0 aliphatic carbocycles. The maximum absolute atomic E-state index is 12.4. The number of ether oxygens (including phenoxy) is 2. The van der Waals surface area contributed by atoms with Gasteiger partial charge in [0, 0.05) is 31.9 Å². The molecule has 1 heterocycles. The first-order valence-corrected chi connectivity index (χ1v) is 8.12. The van der Waals surface area contributed by atoms with Gasteiger partial charge in [-0.25, -0.2) is 14.4 Å². The molecule has 8 nitrogen and oxygen atoms in total. The van der Waals surface area contributed by atoms with Crippen LogP contribution in [0.1, 0.15) is 22.8 Å². The standard InChI is InChI=1S/C17H23N3O5/c1-4-25-17(23)20-9-7-19(8-10-20)16(22)18-14-6-5-13(11-12(14)2)15(21)24-3/h5-6,11H,4,7-10H2,1-3H3,(H,18,22). The van der Waals surface area contributed by atoms with E-state index in [1.54, 1.807) is 41.8 Å². The molecule has 136 valence electrons. The molecule has 0 aromatic heterocycles. The molecular weight excluding hydrogens is 326 g/mol. The number of hydrogen-bond acceptors (Lipinski definition) is 5. The molecule has 0 radical (unpaired) electrons. The van der Waals surface area contributed by atoms with Crippen molar-refractivity contribution in [1.29, 1.82) is 0 Å². The Bertz CT molecular complexity index is 654. The van der Waals surface area contributed by atoms with E-state index >= 15 is 0 Å². The Labute approximate surface area is 146 Å². The smallest absolute Gasteiger partial charge is 0.409 e. The van der Waals surface area contributed by atoms with Gasteiger partial charge >= 0.3 is 18.1 Å². The maximum atomic E-state index is 12.4. The van der Waals surface area contributed by atoms with E-state index in [-0.39, 0.29) is 12.1 Å². The van der Waals surface area contributed by atoms with Crippen LogP contribution in [0.25, 0.3) is 0 Å². The van der Waals surface area contributed by atoms with Crippen molar-refractivity contribution in [2.75, 3.05) is 45.2 Å². The Hall–Kier alpha value is -2.77. The SMILES string of the molecule is CCOC(=O)N1CCN(C(=O)Nc2ccc(C(=O)OC)cc2C)CC1. The summed E-state index contributed by atoms with van der Waals surface area (Å²) in [6, 6.07) is 4.71. The van der Waals surface area contributed by atoms with E-state index in [1.165, 1.54) is 7.11 Å². The largest absolute Gasteiger partial charge is 0.465 e. The average Bonchev–Trinajstić information content (AvgIpc) is 2.63. The molecule has 8 heteroatoms. The Morgan fingerprint density at radius 2 is 1.76 bits per heavy atom. The minimum absolute atomic E-state index is 0.238. The Morgan fingerprint density at radius 1 is 1.12 bits per heavy atom. The van der Waals surface area contributed by atoms with Crippen molar-refractivity contribution in [3.63, 3.8) is 0 Å². The summed E-state index contributed by atoms with van der Waals surface area (Å²) in [4.78, 5) is 38.8. The number of anilines is 1. The minimum Gasteiger partial charge on any atom is -0.465 e. The first-order chi connectivity index (χ1) is 12.0. The lowest BCUT2D eigenvalue weighted by Crippen LogP contribution is -2.51. The molecule has 0 spiro atoms. The number of nitrogens with zero attached hydrogens (tertiary/aromatic N) is 2. The van der Waals surface area contributed by atoms with Gasteiger partial charge in [-0.2, -0.15) is 0 Å². The highest BCUT2D eigenvalue weighted by molar-refractivity contribution is 5.93. The van der Waals surface area contributed by atoms with Gasteiger partial charge in [0.25, 0.3) is 0 Å². The molecule has 1 aromatic rings. The lowest BCUT2D eigenvalue weighted by molar-refractivity contribution is 0.0600. The molecule has 0 atom stereocenters. The van der Waals surface area contributed by atoms with Gasteiger partial charge in [-0.1, -0.05) is 0 Å². The number of nitrogens with one attached hydrogen (secondary N) is 1. The van der Waals surface area contributed by atoms with Crippen molar-refractivity contribution in [3.8, 4) is 0 Å². The average molecular weight is 349 g/mol. The Morgan fingerprint density at radius 3 is 2.32 bits per heavy atom. The van der Waals surface area contributed by atoms with Crippen molar-refractivity contribution in [3.05, 3.63) is 29.3 Å². The van der Waals surface area contributed by atoms with Gasteiger partial charge < -0.3 is 24.6 Å². The van der Waals surface area contributed by atoms with E-state index in [9.17, 15) is 14.4 Å². The van der Waals surface area contributed by atoms with E-state index in [0.29, 0.717) is 44.0 Å². The number of aryl methyl sites for hydroxylation is 1. The van der Waals surface area contributed by atoms with Gasteiger partial charge in [-0.3, -0.25) is 0 Å². The molecule has 1 fully saturated rings. The van der Waals surface area contributed by atoms with Crippen LogP contribution in [0.2, 0.25) is 0 Å². The first-order valence-electron chi connectivity index (χ1n) is 8.12. The zero-order chi connectivity index (χ0) is 18.4. The fourth-order valence-electron chi connectivity index (χ4n) is 2.55. The molecule has 1 N–H and O–H groups in total. The van der Waals surface area contributed by atoms with E-state index < -0.39 is 5.97 Å². The van der Waals surface area contributed by atoms with Gasteiger partial charge in [0.1, 0.15) is 0 Å². The number of rotatable bonds is 3. The normalized spacial score (nSPS) is 14.0. The third-order valence-corrected chi connectivity index (χ3v) is 3.98. The zero-order valence-corrected chi connectivity index (χ0v) is 14.7. The van der Waals surface area contributed by atoms with Crippen LogP contribution < -0.4 is 5.32 Å². The second-order valence-electron chi connectivity index (χ2n) is 5.62. The lowest BCUT2D eigenvalue weighted by atomic mass is 10.1. The van der Waals surface area contributed by atoms with Crippen LogP contribution in [0.15, 0.2) is 18.2 Å². The van der Waals surface area contributed by atoms with Gasteiger partial charge in [0.2, 0.25) is 0 Å². The summed E-state index contributed by atoms with van der Waals surface area (Å²) in [5.41, 5.74) is 1.83. The maximum Gasteiger partial charge on any atom is 0.409 e. The third-order valence-electron chi connectivity index (χ3n) is 3.98. The Balaban J connectivity index is 1.93. The zero-order valence-electron chi connectivity index (χ0n) is 14.7. The second kappa shape index (κ2) is 8.36. The molecule has 1 aromatic carbocycles. The van der Waals surface area contributed by atoms with E-state index in [2.05, 4.69) is 10.1 Å². The van der Waals surface area contributed by atoms with Crippen molar-refractivity contribution < 1.29 is 23.9 Å². The summed E-state index contributed by atoms with van der Waals surface area (Å²) in [6.45, 7) is 5.64. The number of carbonyl (C=O) groups is 3. The second-order valence-corrected chi connectivity index (χ2v) is 5.62. The van der Waals surface area contributed by atoms with Gasteiger partial charge in [-0.05, 0) is 37.6 Å². The molecule has 1 aliphatic rings. The fraction of sp³-hybridized carbons (Fsp3) is 0.471. The number of piperazine rings is 1. The van der Waals surface area contributed by atoms with E-state index in [4.69, 9.17) is 4.74 Å². The topological polar surface area (TPSA) is 88.2 Å². The number of benzene rings is 1. The number of urea groups is 1. The highest BCUT2D eigenvalue weighted by atomic mass is 16.6. The predicted octanol–water partition coefficient (Wildman–Crippen LogP) is 2.09. The highest BCUT2D eigenvalue weighted by Gasteiger charge is 2.25. The quantitative estimate of drug-likeness (QED) is 0.844. The van der Waals surface area contributed by atoms with Crippen molar-refractivity contribution in [1.82, 2.24) is 9.80 Å². The summed E-state index contributed by atoms with van der Waals surface area (Å²) < 4.78 is 9.64. The van der Waals surface area contributed by atoms with Crippen LogP contribution in [0, 0.1) is 6.92 Å². The van der Waals surface area contributed by atoms with Crippen LogP contribution in [0.5, 0.6) is 0 Å². The number of esters is 1. The summed E-state index contributed by atoms with van der Waals surface area (Å²) in [7, 11) is 1.32. The molecule has 0 saturated carbocycles. The number of hydrogen-bond donors (Lipinski definition) is 1. The molecule has 1 aliphatic heterocycles. The van der Waals surface area contributed by atoms with Crippen LogP contribution in [-0.2, 0) is 9.47 Å². The molecule has 1 saturated heterocycles. The predicted molar refractivity (Wildman–Crippen MR) is 91.7 cm³/mol. The molecule has 25 heavy (non-hydrogen) atoms.